The van der Waals surface area contributed by atoms with Gasteiger partial charge in [0.25, 0.3) is 0 Å². The highest BCUT2D eigenvalue weighted by molar-refractivity contribution is 4.95. The molecule has 3 saturated heterocycles. The normalized spacial score (nSPS) is 55.0. The van der Waals surface area contributed by atoms with Gasteiger partial charge in [-0.15, -0.1) is 0 Å². The molecule has 0 bridgehead atoms. The van der Waals surface area contributed by atoms with Crippen LogP contribution in [-0.2, 0) is 23.7 Å². The lowest BCUT2D eigenvalue weighted by molar-refractivity contribution is -0.385. The van der Waals surface area contributed by atoms with E-state index in [0.29, 0.717) is 0 Å². The molecule has 0 radical (unpaired) electrons. The smallest absolute Gasteiger partial charge is 0.187 e. The predicted octanol–water partition coefficient (Wildman–Crippen LogP) is -5.52. The minimum atomic E-state index is -1.83. The van der Waals surface area contributed by atoms with Gasteiger partial charge in [-0.25, -0.2) is 0 Å². The van der Waals surface area contributed by atoms with Gasteiger partial charge in [0.2, 0.25) is 0 Å². The second kappa shape index (κ2) is 10.4. The number of ether oxygens (including phenoxy) is 5. The van der Waals surface area contributed by atoms with E-state index in [0.717, 1.165) is 0 Å². The van der Waals surface area contributed by atoms with Crippen LogP contribution in [0.4, 0.5) is 0 Å². The first-order chi connectivity index (χ1) is 15.0. The van der Waals surface area contributed by atoms with Gasteiger partial charge in [0.15, 0.2) is 18.9 Å². The van der Waals surface area contributed by atoms with E-state index in [1.165, 1.54) is 13.8 Å². The average Bonchev–Trinajstić information content (AvgIpc) is 2.76. The fraction of sp³-hybridized carbons (Fsp3) is 1.00. The van der Waals surface area contributed by atoms with Crippen molar-refractivity contribution in [2.45, 2.75) is 106 Å². The molecule has 32 heavy (non-hydrogen) atoms. The van der Waals surface area contributed by atoms with Crippen LogP contribution in [0, 0.1) is 0 Å². The van der Waals surface area contributed by atoms with E-state index in [-0.39, 0.29) is 0 Å². The molecule has 0 spiro atoms. The molecule has 0 aromatic carbocycles. The van der Waals surface area contributed by atoms with Gasteiger partial charge >= 0.3 is 0 Å². The highest BCUT2D eigenvalue weighted by Gasteiger charge is 2.53. The van der Waals surface area contributed by atoms with Crippen LogP contribution in [0.25, 0.3) is 0 Å². The molecule has 1 unspecified atom stereocenters. The Bertz CT molecular complexity index is 610. The first-order valence-corrected chi connectivity index (χ1v) is 10.3. The maximum Gasteiger partial charge on any atom is 0.187 e. The molecule has 3 rings (SSSR count). The molecule has 15 atom stereocenters. The maximum atomic E-state index is 10.6. The van der Waals surface area contributed by atoms with Crippen molar-refractivity contribution < 1.29 is 69.6 Å². The molecule has 0 amide bonds. The quantitative estimate of drug-likeness (QED) is 0.182. The van der Waals surface area contributed by atoms with Crippen molar-refractivity contribution in [2.75, 3.05) is 6.61 Å². The van der Waals surface area contributed by atoms with Crippen LogP contribution in [0.5, 0.6) is 0 Å². The topological polar surface area (TPSA) is 228 Å². The van der Waals surface area contributed by atoms with E-state index in [4.69, 9.17) is 23.7 Å². The summed E-state index contributed by atoms with van der Waals surface area (Å²) in [5.74, 6) is 0. The molecule has 14 heteroatoms. The zero-order valence-electron chi connectivity index (χ0n) is 17.4. The first kappa shape index (κ1) is 26.1. The largest absolute Gasteiger partial charge is 0.394 e. The van der Waals surface area contributed by atoms with Crippen LogP contribution in [0.15, 0.2) is 0 Å². The first-order valence-electron chi connectivity index (χ1n) is 10.3. The highest BCUT2D eigenvalue weighted by atomic mass is 16.8. The summed E-state index contributed by atoms with van der Waals surface area (Å²) in [6.07, 6.45) is -22.6. The molecule has 188 valence electrons. The van der Waals surface area contributed by atoms with Crippen molar-refractivity contribution in [3.05, 3.63) is 0 Å². The van der Waals surface area contributed by atoms with Crippen molar-refractivity contribution in [1.29, 1.82) is 0 Å². The van der Waals surface area contributed by atoms with E-state index < -0.39 is 98.7 Å². The molecule has 3 aliphatic heterocycles. The second-order valence-electron chi connectivity index (χ2n) is 8.30. The third-order valence-corrected chi connectivity index (χ3v) is 6.02. The lowest BCUT2D eigenvalue weighted by Crippen LogP contribution is -2.66. The van der Waals surface area contributed by atoms with Crippen LogP contribution in [-0.4, -0.2) is 145 Å². The minimum absolute atomic E-state index is 0.721. The summed E-state index contributed by atoms with van der Waals surface area (Å²) in [6.45, 7) is 2.10. The Kier molecular flexibility index (Phi) is 8.44. The van der Waals surface area contributed by atoms with Crippen molar-refractivity contribution in [1.82, 2.24) is 0 Å². The zero-order valence-corrected chi connectivity index (χ0v) is 17.4. The molecular formula is C18H32O14. The van der Waals surface area contributed by atoms with Gasteiger partial charge in [-0.2, -0.15) is 0 Å². The molecule has 3 fully saturated rings. The van der Waals surface area contributed by atoms with Crippen LogP contribution in [0.3, 0.4) is 0 Å². The predicted molar refractivity (Wildman–Crippen MR) is 98.4 cm³/mol. The van der Waals surface area contributed by atoms with Gasteiger partial charge in [0.1, 0.15) is 61.0 Å². The van der Waals surface area contributed by atoms with Gasteiger partial charge in [0.05, 0.1) is 18.8 Å². The number of hydrogen-bond donors (Lipinski definition) is 9. The van der Waals surface area contributed by atoms with Crippen molar-refractivity contribution in [2.24, 2.45) is 0 Å². The Morgan fingerprint density at radius 3 is 1.44 bits per heavy atom. The zero-order chi connectivity index (χ0) is 23.9. The second-order valence-corrected chi connectivity index (χ2v) is 8.30. The monoisotopic (exact) mass is 472 g/mol. The Morgan fingerprint density at radius 1 is 0.562 bits per heavy atom. The van der Waals surface area contributed by atoms with E-state index in [1.807, 2.05) is 0 Å². The highest BCUT2D eigenvalue weighted by Crippen LogP contribution is 2.32. The molecule has 14 nitrogen and oxygen atoms in total. The number of rotatable bonds is 5. The van der Waals surface area contributed by atoms with Crippen molar-refractivity contribution >= 4 is 0 Å². The lowest BCUT2D eigenvalue weighted by Gasteiger charge is -2.48. The van der Waals surface area contributed by atoms with Gasteiger partial charge in [-0.3, -0.25) is 0 Å². The number of aliphatic hydroxyl groups is 9. The summed E-state index contributed by atoms with van der Waals surface area (Å²) < 4.78 is 27.0. The van der Waals surface area contributed by atoms with Gasteiger partial charge in [0, 0.05) is 0 Å². The lowest BCUT2D eigenvalue weighted by atomic mass is 9.96. The Morgan fingerprint density at radius 2 is 1.00 bits per heavy atom. The summed E-state index contributed by atoms with van der Waals surface area (Å²) >= 11 is 0. The maximum absolute atomic E-state index is 10.6. The third-order valence-electron chi connectivity index (χ3n) is 6.02. The standard InChI is InChI=1S/C18H32O14/c1-4-7(20)10(23)12(25)17(28-4)31-14-9(22)6(3-19)30-16(27)15(14)32-18-13(26)11(24)8(21)5(2)29-18/h4-27H,3H2,1-2H3/t4-,5-,6+,7+,8+,9-,10+,11+,12-,13-,14-,15+,16?,17+,18-/m0/s1. The summed E-state index contributed by atoms with van der Waals surface area (Å²) in [7, 11) is 0. The SMILES string of the molecule is C[C@@H]1O[C@H](O[C@H]2[C@@H](O)[C@@H](CO)OC(O)[C@@H]2O[C@@H]2O[C@@H](C)[C@@H](O)[C@@H](O)[C@@H]2O)[C@@H](O)[C@H](O)[C@@H]1O. The van der Waals surface area contributed by atoms with Gasteiger partial charge in [-0.1, -0.05) is 0 Å². The molecule has 3 heterocycles. The number of aliphatic hydroxyl groups excluding tert-OH is 9. The number of hydrogen-bond acceptors (Lipinski definition) is 14. The van der Waals surface area contributed by atoms with Crippen LogP contribution in [0.1, 0.15) is 13.8 Å². The summed E-state index contributed by atoms with van der Waals surface area (Å²) in [4.78, 5) is 0. The van der Waals surface area contributed by atoms with E-state index in [1.54, 1.807) is 0 Å². The molecule has 0 saturated carbocycles. The van der Waals surface area contributed by atoms with Crippen LogP contribution in [0.2, 0.25) is 0 Å². The van der Waals surface area contributed by atoms with E-state index in [2.05, 4.69) is 0 Å². The molecular weight excluding hydrogens is 440 g/mol. The summed E-state index contributed by atoms with van der Waals surface area (Å²) in [6, 6.07) is 0. The molecule has 3 aliphatic rings. The fourth-order valence-electron chi connectivity index (χ4n) is 3.92. The van der Waals surface area contributed by atoms with Crippen LogP contribution < -0.4 is 0 Å². The molecule has 0 aromatic heterocycles. The Hall–Kier alpha value is -0.560. The van der Waals surface area contributed by atoms with E-state index in [9.17, 15) is 46.0 Å². The van der Waals surface area contributed by atoms with Gasteiger partial charge < -0.3 is 69.6 Å². The van der Waals surface area contributed by atoms with Crippen LogP contribution >= 0.6 is 0 Å². The summed E-state index contributed by atoms with van der Waals surface area (Å²) in [5.41, 5.74) is 0. The average molecular weight is 472 g/mol. The molecule has 9 N–H and O–H groups in total. The minimum Gasteiger partial charge on any atom is -0.394 e. The summed E-state index contributed by atoms with van der Waals surface area (Å²) in [5, 5.41) is 90.6. The molecule has 0 aromatic rings. The van der Waals surface area contributed by atoms with E-state index >= 15 is 0 Å². The molecule has 0 aliphatic carbocycles. The Balaban J connectivity index is 1.81. The van der Waals surface area contributed by atoms with Crippen molar-refractivity contribution in [3.8, 4) is 0 Å². The Labute approximate surface area is 183 Å². The van der Waals surface area contributed by atoms with Crippen molar-refractivity contribution in [3.63, 3.8) is 0 Å². The van der Waals surface area contributed by atoms with Gasteiger partial charge in [-0.05, 0) is 13.8 Å². The fourth-order valence-corrected chi connectivity index (χ4v) is 3.92. The third kappa shape index (κ3) is 4.94.